The molecule has 0 fully saturated rings. The van der Waals surface area contributed by atoms with Crippen LogP contribution in [0.1, 0.15) is 57.9 Å². The zero-order valence-corrected chi connectivity index (χ0v) is 19.1. The Kier molecular flexibility index (Phi) is 9.90. The van der Waals surface area contributed by atoms with Gasteiger partial charge in [0.1, 0.15) is 5.76 Å². The van der Waals surface area contributed by atoms with Crippen LogP contribution in [0, 0.1) is 25.7 Å². The first-order valence-corrected chi connectivity index (χ1v) is 10.1. The number of hydrogen-bond acceptors (Lipinski definition) is 4. The summed E-state index contributed by atoms with van der Waals surface area (Å²) in [7, 11) is 1.50. The van der Waals surface area contributed by atoms with E-state index in [9.17, 15) is 9.90 Å². The van der Waals surface area contributed by atoms with Gasteiger partial charge >= 0.3 is 0 Å². The van der Waals surface area contributed by atoms with E-state index in [0.717, 1.165) is 17.6 Å². The van der Waals surface area contributed by atoms with Gasteiger partial charge in [-0.1, -0.05) is 49.8 Å². The number of rotatable bonds is 9. The Morgan fingerprint density at radius 2 is 1.86 bits per heavy atom. The highest BCUT2D eigenvalue weighted by molar-refractivity contribution is 5.49. The van der Waals surface area contributed by atoms with Gasteiger partial charge in [0.2, 0.25) is 0 Å². The molecule has 0 saturated carbocycles. The molecule has 160 valence electrons. The molecule has 1 aromatic rings. The Bertz CT molecular complexity index is 852. The van der Waals surface area contributed by atoms with Gasteiger partial charge in [-0.2, -0.15) is 0 Å². The van der Waals surface area contributed by atoms with Gasteiger partial charge in [-0.3, -0.25) is 4.79 Å². The molecule has 0 aliphatic heterocycles. The van der Waals surface area contributed by atoms with Crippen LogP contribution in [0.4, 0.5) is 0 Å². The molecule has 0 amide bonds. The van der Waals surface area contributed by atoms with Gasteiger partial charge in [0.15, 0.2) is 5.43 Å². The average molecular weight is 401 g/mol. The maximum absolute atomic E-state index is 12.2. The second-order valence-electron chi connectivity index (χ2n) is 7.76. The van der Waals surface area contributed by atoms with Crippen LogP contribution in [0.15, 0.2) is 50.7 Å². The van der Waals surface area contributed by atoms with Crippen LogP contribution < -0.4 is 10.2 Å². The van der Waals surface area contributed by atoms with Crippen molar-refractivity contribution >= 4 is 6.08 Å². The third-order valence-electron chi connectivity index (χ3n) is 5.16. The minimum absolute atomic E-state index is 0.0504. The van der Waals surface area contributed by atoms with Gasteiger partial charge in [-0.05, 0) is 58.6 Å². The summed E-state index contributed by atoms with van der Waals surface area (Å²) >= 11 is 0. The van der Waals surface area contributed by atoms with Crippen molar-refractivity contribution in [2.24, 2.45) is 11.8 Å². The van der Waals surface area contributed by atoms with E-state index in [2.05, 4.69) is 25.2 Å². The van der Waals surface area contributed by atoms with E-state index in [1.165, 1.54) is 7.11 Å². The Balaban J connectivity index is 2.76. The SMILES string of the molecule is C/C=C(\C)[C@@H](O)[C@@H](C)/C=C(C)/C=C/C[C@H](C)/C=C/c1oc(OC)c(C)c(=O)c1C. The van der Waals surface area contributed by atoms with E-state index < -0.39 is 6.10 Å². The Labute approximate surface area is 175 Å². The van der Waals surface area contributed by atoms with Gasteiger partial charge < -0.3 is 14.3 Å². The Hall–Kier alpha value is -2.33. The number of allylic oxidation sites excluding steroid dienone is 5. The summed E-state index contributed by atoms with van der Waals surface area (Å²) in [6, 6.07) is 0. The van der Waals surface area contributed by atoms with Crippen LogP contribution >= 0.6 is 0 Å². The zero-order valence-electron chi connectivity index (χ0n) is 19.1. The van der Waals surface area contributed by atoms with Crippen LogP contribution in [0.2, 0.25) is 0 Å². The molecule has 0 saturated heterocycles. The fourth-order valence-electron chi connectivity index (χ4n) is 3.04. The minimum atomic E-state index is -0.449. The molecular formula is C25H36O4. The molecule has 4 heteroatoms. The van der Waals surface area contributed by atoms with Gasteiger partial charge in [-0.25, -0.2) is 0 Å². The molecule has 1 N–H and O–H groups in total. The van der Waals surface area contributed by atoms with E-state index >= 15 is 0 Å². The Morgan fingerprint density at radius 1 is 1.21 bits per heavy atom. The van der Waals surface area contributed by atoms with Crippen molar-refractivity contribution in [3.8, 4) is 5.95 Å². The van der Waals surface area contributed by atoms with Gasteiger partial charge in [0.25, 0.3) is 5.95 Å². The highest BCUT2D eigenvalue weighted by atomic mass is 16.6. The van der Waals surface area contributed by atoms with E-state index in [1.807, 2.05) is 45.9 Å². The molecule has 0 aliphatic rings. The molecule has 0 unspecified atom stereocenters. The molecular weight excluding hydrogens is 364 g/mol. The molecule has 0 bridgehead atoms. The lowest BCUT2D eigenvalue weighted by Gasteiger charge is -2.16. The summed E-state index contributed by atoms with van der Waals surface area (Å²) in [5.74, 6) is 1.14. The Morgan fingerprint density at radius 3 is 2.45 bits per heavy atom. The second-order valence-corrected chi connectivity index (χ2v) is 7.76. The monoisotopic (exact) mass is 400 g/mol. The molecule has 0 aliphatic carbocycles. The predicted molar refractivity (Wildman–Crippen MR) is 121 cm³/mol. The van der Waals surface area contributed by atoms with Crippen LogP contribution in [0.5, 0.6) is 5.95 Å². The highest BCUT2D eigenvalue weighted by Crippen LogP contribution is 2.21. The van der Waals surface area contributed by atoms with Crippen LogP contribution in [0.25, 0.3) is 6.08 Å². The second kappa shape index (κ2) is 11.6. The number of hydrogen-bond donors (Lipinski definition) is 1. The third kappa shape index (κ3) is 7.21. The van der Waals surface area contributed by atoms with Crippen LogP contribution in [-0.2, 0) is 0 Å². The molecule has 3 atom stereocenters. The third-order valence-corrected chi connectivity index (χ3v) is 5.16. The lowest BCUT2D eigenvalue weighted by molar-refractivity contribution is 0.173. The summed E-state index contributed by atoms with van der Waals surface area (Å²) in [5.41, 5.74) is 3.14. The number of aliphatic hydroxyl groups is 1. The van der Waals surface area contributed by atoms with Crippen molar-refractivity contribution in [3.63, 3.8) is 0 Å². The molecule has 0 radical (unpaired) electrons. The summed E-state index contributed by atoms with van der Waals surface area (Å²) < 4.78 is 10.8. The highest BCUT2D eigenvalue weighted by Gasteiger charge is 2.13. The van der Waals surface area contributed by atoms with Crippen LogP contribution in [0.3, 0.4) is 0 Å². The van der Waals surface area contributed by atoms with Gasteiger partial charge in [0, 0.05) is 11.5 Å². The summed E-state index contributed by atoms with van der Waals surface area (Å²) in [6.45, 7) is 13.5. The largest absolute Gasteiger partial charge is 0.468 e. The molecule has 0 aromatic carbocycles. The fourth-order valence-corrected chi connectivity index (χ4v) is 3.04. The van der Waals surface area contributed by atoms with Crippen molar-refractivity contribution in [2.75, 3.05) is 7.11 Å². The number of ether oxygens (including phenoxy) is 1. The first-order chi connectivity index (χ1) is 13.6. The average Bonchev–Trinajstić information content (AvgIpc) is 2.70. The molecule has 1 heterocycles. The normalized spacial score (nSPS) is 16.4. The zero-order chi connectivity index (χ0) is 22.1. The molecule has 4 nitrogen and oxygen atoms in total. The first kappa shape index (κ1) is 24.7. The van der Waals surface area contributed by atoms with Crippen molar-refractivity contribution in [3.05, 3.63) is 68.6 Å². The molecule has 29 heavy (non-hydrogen) atoms. The van der Waals surface area contributed by atoms with E-state index in [4.69, 9.17) is 9.15 Å². The topological polar surface area (TPSA) is 59.7 Å². The number of aliphatic hydroxyl groups excluding tert-OH is 1. The first-order valence-electron chi connectivity index (χ1n) is 10.1. The van der Waals surface area contributed by atoms with E-state index in [-0.39, 0.29) is 23.2 Å². The van der Waals surface area contributed by atoms with E-state index in [1.54, 1.807) is 13.8 Å². The van der Waals surface area contributed by atoms with Crippen molar-refractivity contribution in [2.45, 2.75) is 61.0 Å². The van der Waals surface area contributed by atoms with Gasteiger partial charge in [0.05, 0.1) is 18.8 Å². The maximum Gasteiger partial charge on any atom is 0.291 e. The fraction of sp³-hybridized carbons (Fsp3) is 0.480. The molecule has 1 rings (SSSR count). The van der Waals surface area contributed by atoms with Gasteiger partial charge in [-0.15, -0.1) is 0 Å². The van der Waals surface area contributed by atoms with E-state index in [0.29, 0.717) is 16.9 Å². The maximum atomic E-state index is 12.2. The molecule has 0 spiro atoms. The van der Waals surface area contributed by atoms with Crippen molar-refractivity contribution < 1.29 is 14.3 Å². The lowest BCUT2D eigenvalue weighted by atomic mass is 9.96. The summed E-state index contributed by atoms with van der Waals surface area (Å²) in [4.78, 5) is 12.2. The number of methoxy groups -OCH3 is 1. The van der Waals surface area contributed by atoms with Crippen molar-refractivity contribution in [1.29, 1.82) is 0 Å². The predicted octanol–water partition coefficient (Wildman–Crippen LogP) is 5.77. The lowest BCUT2D eigenvalue weighted by Crippen LogP contribution is -2.17. The summed E-state index contributed by atoms with van der Waals surface area (Å²) in [5, 5.41) is 10.2. The summed E-state index contributed by atoms with van der Waals surface area (Å²) in [6.07, 6.45) is 12.5. The quantitative estimate of drug-likeness (QED) is 0.422. The minimum Gasteiger partial charge on any atom is -0.468 e. The molecule has 1 aromatic heterocycles. The smallest absolute Gasteiger partial charge is 0.291 e. The van der Waals surface area contributed by atoms with Crippen molar-refractivity contribution in [1.82, 2.24) is 0 Å². The standard InChI is InChI=1S/C25H36O4/c1-9-18(4)23(26)19(5)15-17(3)12-10-11-16(2)13-14-22-20(6)24(27)21(7)25(28-8)29-22/h9-10,12-16,19,23,26H,11H2,1-8H3/b12-10+,14-13+,17-15+,18-9+/t16-,19-,23+/m0/s1. The van der Waals surface area contributed by atoms with Crippen LogP contribution in [-0.4, -0.2) is 18.3 Å².